The Hall–Kier alpha value is -2.95. The van der Waals surface area contributed by atoms with Crippen LogP contribution in [0.3, 0.4) is 0 Å². The average Bonchev–Trinajstić information content (AvgIpc) is 2.96. The van der Waals surface area contributed by atoms with E-state index in [2.05, 4.69) is 31.1 Å². The van der Waals surface area contributed by atoms with Crippen LogP contribution in [0.15, 0.2) is 48.7 Å². The van der Waals surface area contributed by atoms with E-state index in [4.69, 9.17) is 0 Å². The highest BCUT2D eigenvalue weighted by molar-refractivity contribution is 6.48. The lowest BCUT2D eigenvalue weighted by Gasteiger charge is -2.19. The van der Waals surface area contributed by atoms with Crippen molar-refractivity contribution in [3.05, 3.63) is 65.6 Å². The molecule has 0 aliphatic carbocycles. The number of hydrogen-bond donors (Lipinski definition) is 2. The largest absolute Gasteiger partial charge is 0.360 e. The summed E-state index contributed by atoms with van der Waals surface area (Å²) in [5, 5.41) is 3.13. The van der Waals surface area contributed by atoms with E-state index in [0.29, 0.717) is 16.6 Å². The number of halogens is 1. The predicted octanol–water partition coefficient (Wildman–Crippen LogP) is 4.43. The number of aromatic amines is 1. The normalized spacial score (nSPS) is 11.5. The lowest BCUT2D eigenvalue weighted by molar-refractivity contribution is -0.112. The average molecular weight is 338 g/mol. The van der Waals surface area contributed by atoms with Gasteiger partial charge in [0.2, 0.25) is 0 Å². The summed E-state index contributed by atoms with van der Waals surface area (Å²) in [5.41, 5.74) is 2.40. The number of benzene rings is 2. The van der Waals surface area contributed by atoms with Gasteiger partial charge >= 0.3 is 0 Å². The third-order valence-corrected chi connectivity index (χ3v) is 4.10. The summed E-state index contributed by atoms with van der Waals surface area (Å²) < 4.78 is 13.2. The van der Waals surface area contributed by atoms with E-state index in [9.17, 15) is 14.0 Å². The lowest BCUT2D eigenvalue weighted by Crippen LogP contribution is -2.22. The molecule has 128 valence electrons. The van der Waals surface area contributed by atoms with Gasteiger partial charge in [-0.1, -0.05) is 32.9 Å². The van der Waals surface area contributed by atoms with Gasteiger partial charge in [-0.3, -0.25) is 9.59 Å². The van der Waals surface area contributed by atoms with E-state index in [-0.39, 0.29) is 11.0 Å². The molecule has 2 N–H and O–H groups in total. The molecule has 0 bridgehead atoms. The molecule has 0 atom stereocenters. The quantitative estimate of drug-likeness (QED) is 0.548. The van der Waals surface area contributed by atoms with Crippen LogP contribution in [-0.4, -0.2) is 16.7 Å². The molecule has 0 aliphatic rings. The van der Waals surface area contributed by atoms with Crippen molar-refractivity contribution in [3.8, 4) is 0 Å². The lowest BCUT2D eigenvalue weighted by atomic mass is 9.87. The molecule has 0 saturated carbocycles. The number of hydrogen-bond acceptors (Lipinski definition) is 2. The maximum atomic E-state index is 13.2. The molecule has 0 spiro atoms. The second kappa shape index (κ2) is 6.16. The van der Waals surface area contributed by atoms with E-state index in [1.165, 1.54) is 24.4 Å². The Morgan fingerprint density at radius 3 is 2.36 bits per heavy atom. The van der Waals surface area contributed by atoms with Gasteiger partial charge in [-0.15, -0.1) is 0 Å². The fourth-order valence-electron chi connectivity index (χ4n) is 2.65. The molecule has 0 radical (unpaired) electrons. The highest BCUT2D eigenvalue weighted by atomic mass is 19.1. The van der Waals surface area contributed by atoms with Crippen LogP contribution >= 0.6 is 0 Å². The predicted molar refractivity (Wildman–Crippen MR) is 96.4 cm³/mol. The first-order valence-corrected chi connectivity index (χ1v) is 7.98. The Morgan fingerprint density at radius 2 is 1.72 bits per heavy atom. The van der Waals surface area contributed by atoms with Crippen molar-refractivity contribution >= 4 is 28.3 Å². The van der Waals surface area contributed by atoms with Crippen LogP contribution in [0.1, 0.15) is 36.7 Å². The number of aromatic nitrogens is 1. The highest BCUT2D eigenvalue weighted by Crippen LogP contribution is 2.24. The van der Waals surface area contributed by atoms with E-state index in [1.807, 2.05) is 12.1 Å². The van der Waals surface area contributed by atoms with Crippen molar-refractivity contribution in [1.82, 2.24) is 4.98 Å². The third kappa shape index (κ3) is 3.45. The van der Waals surface area contributed by atoms with Crippen LogP contribution in [0.4, 0.5) is 10.1 Å². The number of carbonyl (C=O) groups excluding carboxylic acids is 2. The summed E-state index contributed by atoms with van der Waals surface area (Å²) in [5.74, 6) is -1.80. The molecule has 25 heavy (non-hydrogen) atoms. The molecule has 0 unspecified atom stereocenters. The first-order valence-electron chi connectivity index (χ1n) is 7.98. The molecule has 1 aromatic heterocycles. The number of Topliss-reactive ketones (excluding diaryl/α,β-unsaturated/α-hetero) is 1. The molecule has 1 heterocycles. The Bertz CT molecular complexity index is 950. The summed E-state index contributed by atoms with van der Waals surface area (Å²) >= 11 is 0. The minimum Gasteiger partial charge on any atom is -0.360 e. The van der Waals surface area contributed by atoms with Crippen LogP contribution in [-0.2, 0) is 10.2 Å². The maximum absolute atomic E-state index is 13.2. The summed E-state index contributed by atoms with van der Waals surface area (Å²) in [6.07, 6.45) is 1.43. The van der Waals surface area contributed by atoms with Crippen molar-refractivity contribution in [2.24, 2.45) is 0 Å². The number of rotatable bonds is 3. The summed E-state index contributed by atoms with van der Waals surface area (Å²) in [7, 11) is 0. The summed E-state index contributed by atoms with van der Waals surface area (Å²) in [6, 6.07) is 11.4. The Kier molecular flexibility index (Phi) is 4.17. The fraction of sp³-hybridized carbons (Fsp3) is 0.200. The molecule has 0 fully saturated rings. The zero-order valence-corrected chi connectivity index (χ0v) is 14.3. The van der Waals surface area contributed by atoms with Crippen LogP contribution in [0.5, 0.6) is 0 Å². The molecule has 3 rings (SSSR count). The number of H-pyrrole nitrogens is 1. The standard InChI is InChI=1S/C20H19FN2O2/c1-20(2,3)12-4-7-14(8-5-12)23-19(25)18(24)16-11-22-17-10-13(21)6-9-15(16)17/h4-11,22H,1-3H3,(H,23,25). The Morgan fingerprint density at radius 1 is 1.04 bits per heavy atom. The molecule has 4 nitrogen and oxygen atoms in total. The molecular weight excluding hydrogens is 319 g/mol. The van der Waals surface area contributed by atoms with Gasteiger partial charge in [-0.2, -0.15) is 0 Å². The third-order valence-electron chi connectivity index (χ3n) is 4.10. The number of nitrogens with one attached hydrogen (secondary N) is 2. The van der Waals surface area contributed by atoms with E-state index >= 15 is 0 Å². The number of ketones is 1. The molecule has 1 amide bonds. The van der Waals surface area contributed by atoms with Crippen LogP contribution in [0.2, 0.25) is 0 Å². The Labute approximate surface area is 145 Å². The second-order valence-corrected chi connectivity index (χ2v) is 7.00. The molecule has 2 aromatic carbocycles. The Balaban J connectivity index is 1.79. The summed E-state index contributed by atoms with van der Waals surface area (Å²) in [6.45, 7) is 6.30. The van der Waals surface area contributed by atoms with Crippen molar-refractivity contribution in [1.29, 1.82) is 0 Å². The zero-order valence-electron chi connectivity index (χ0n) is 14.3. The SMILES string of the molecule is CC(C)(C)c1ccc(NC(=O)C(=O)c2c[nH]c3cc(F)ccc23)cc1. The molecule has 3 aromatic rings. The van der Waals surface area contributed by atoms with Crippen molar-refractivity contribution in [3.63, 3.8) is 0 Å². The number of fused-ring (bicyclic) bond motifs is 1. The fourth-order valence-corrected chi connectivity index (χ4v) is 2.65. The minimum absolute atomic E-state index is 0.0116. The van der Waals surface area contributed by atoms with Gasteiger partial charge in [0, 0.05) is 22.8 Å². The summed E-state index contributed by atoms with van der Waals surface area (Å²) in [4.78, 5) is 27.5. The first-order chi connectivity index (χ1) is 11.8. The van der Waals surface area contributed by atoms with Gasteiger partial charge in [0.15, 0.2) is 0 Å². The van der Waals surface area contributed by atoms with Gasteiger partial charge in [0.05, 0.1) is 5.56 Å². The number of amides is 1. The van der Waals surface area contributed by atoms with Gasteiger partial charge < -0.3 is 10.3 Å². The van der Waals surface area contributed by atoms with Gasteiger partial charge in [-0.25, -0.2) is 4.39 Å². The topological polar surface area (TPSA) is 62.0 Å². The van der Waals surface area contributed by atoms with Crippen LogP contribution in [0.25, 0.3) is 10.9 Å². The monoisotopic (exact) mass is 338 g/mol. The van der Waals surface area contributed by atoms with Crippen molar-refractivity contribution < 1.29 is 14.0 Å². The van der Waals surface area contributed by atoms with Crippen molar-refractivity contribution in [2.75, 3.05) is 5.32 Å². The number of anilines is 1. The second-order valence-electron chi connectivity index (χ2n) is 7.00. The van der Waals surface area contributed by atoms with Crippen LogP contribution in [0, 0.1) is 5.82 Å². The minimum atomic E-state index is -0.728. The number of carbonyl (C=O) groups is 2. The smallest absolute Gasteiger partial charge is 0.296 e. The molecular formula is C20H19FN2O2. The van der Waals surface area contributed by atoms with E-state index in [1.54, 1.807) is 12.1 Å². The van der Waals surface area contributed by atoms with Crippen LogP contribution < -0.4 is 5.32 Å². The molecule has 5 heteroatoms. The molecule has 0 saturated heterocycles. The molecule has 0 aliphatic heterocycles. The van der Waals surface area contributed by atoms with Gasteiger partial charge in [-0.05, 0) is 41.3 Å². The van der Waals surface area contributed by atoms with Gasteiger partial charge in [0.25, 0.3) is 11.7 Å². The van der Waals surface area contributed by atoms with E-state index < -0.39 is 17.5 Å². The van der Waals surface area contributed by atoms with Crippen molar-refractivity contribution in [2.45, 2.75) is 26.2 Å². The zero-order chi connectivity index (χ0) is 18.2. The van der Waals surface area contributed by atoms with E-state index in [0.717, 1.165) is 5.56 Å². The van der Waals surface area contributed by atoms with Gasteiger partial charge in [0.1, 0.15) is 5.82 Å². The first kappa shape index (κ1) is 16.9. The maximum Gasteiger partial charge on any atom is 0.296 e. The highest BCUT2D eigenvalue weighted by Gasteiger charge is 2.20.